The molecule has 0 aromatic rings. The predicted molar refractivity (Wildman–Crippen MR) is 96.5 cm³/mol. The van der Waals surface area contributed by atoms with E-state index in [2.05, 4.69) is 66.8 Å². The van der Waals surface area contributed by atoms with Gasteiger partial charge in [-0.3, -0.25) is 0 Å². The van der Waals surface area contributed by atoms with Crippen LogP contribution in [0.5, 0.6) is 0 Å². The summed E-state index contributed by atoms with van der Waals surface area (Å²) in [7, 11) is 0. The van der Waals surface area contributed by atoms with Crippen LogP contribution in [0.4, 0.5) is 0 Å². The largest absolute Gasteiger partial charge is 0.881 e. The highest BCUT2D eigenvalue weighted by molar-refractivity contribution is 6.95. The van der Waals surface area contributed by atoms with E-state index in [1.54, 1.807) is 0 Å². The Morgan fingerprint density at radius 1 is 0.545 bits per heavy atom. The van der Waals surface area contributed by atoms with E-state index in [4.69, 9.17) is 10.0 Å². The Morgan fingerprint density at radius 3 is 0.636 bits per heavy atom. The van der Waals surface area contributed by atoms with Crippen LogP contribution in [-0.4, -0.2) is 67.9 Å². The molecule has 0 aromatic carbocycles. The molecule has 4 nitrogen and oxygen atoms in total. The summed E-state index contributed by atoms with van der Waals surface area (Å²) in [5.41, 5.74) is 0. The molecule has 0 fully saturated rings. The summed E-state index contributed by atoms with van der Waals surface area (Å²) in [6, 6.07) is 0. The topological polar surface area (TPSA) is 46.1 Å². The van der Waals surface area contributed by atoms with Crippen LogP contribution >= 0.6 is 11.5 Å². The van der Waals surface area contributed by atoms with Crippen LogP contribution in [-0.2, 0) is 0 Å². The molecule has 0 aliphatic rings. The zero-order valence-corrected chi connectivity index (χ0v) is 17.1. The van der Waals surface area contributed by atoms with E-state index in [0.29, 0.717) is 0 Å². The van der Waals surface area contributed by atoms with Gasteiger partial charge in [-0.2, -0.15) is 0 Å². The molecule has 0 bridgehead atoms. The van der Waals surface area contributed by atoms with Crippen LogP contribution < -0.4 is 10.0 Å². The van der Waals surface area contributed by atoms with Crippen molar-refractivity contribution in [3.63, 3.8) is 0 Å². The molecule has 136 valence electrons. The van der Waals surface area contributed by atoms with Crippen LogP contribution in [0.1, 0.15) is 55.4 Å². The fraction of sp³-hybridized carbons (Fsp3) is 1.00. The third kappa shape index (κ3) is 12.7. The van der Waals surface area contributed by atoms with Gasteiger partial charge in [-0.15, -0.1) is 0 Å². The van der Waals surface area contributed by atoms with Gasteiger partial charge in [0.25, 0.3) is 0 Å². The molecule has 6 heteroatoms. The first-order valence-electron chi connectivity index (χ1n) is 8.88. The smallest absolute Gasteiger partial charge is 0.0757 e. The van der Waals surface area contributed by atoms with Crippen LogP contribution in [0.2, 0.25) is 0 Å². The van der Waals surface area contributed by atoms with Crippen molar-refractivity contribution >= 4 is 18.0 Å². The monoisotopic (exact) mass is 338 g/mol. The summed E-state index contributed by atoms with van der Waals surface area (Å²) < 4.78 is 2.56. The lowest BCUT2D eigenvalue weighted by atomic mass is 10.3. The summed E-state index contributed by atoms with van der Waals surface area (Å²) in [5.74, 6) is 0. The van der Waals surface area contributed by atoms with Gasteiger partial charge in [0.1, 0.15) is 0 Å². The maximum Gasteiger partial charge on any atom is 0.0757 e. The highest BCUT2D eigenvalue weighted by Crippen LogP contribution is 2.03. The molecular formula is C16H40BClN2O2. The average Bonchev–Trinajstić information content (AvgIpc) is 2.53. The quantitative estimate of drug-likeness (QED) is 0.499. The Hall–Kier alpha value is 0.195. The van der Waals surface area contributed by atoms with E-state index in [1.807, 2.05) is 0 Å². The maximum atomic E-state index is 8.74. The van der Waals surface area contributed by atoms with Gasteiger partial charge < -0.3 is 19.0 Å². The minimum Gasteiger partial charge on any atom is -0.881 e. The van der Waals surface area contributed by atoms with Crippen molar-refractivity contribution in [2.24, 2.45) is 0 Å². The first kappa shape index (κ1) is 27.1. The van der Waals surface area contributed by atoms with Crippen molar-refractivity contribution < 1.29 is 19.0 Å². The molecule has 0 amide bonds. The lowest BCUT2D eigenvalue weighted by Gasteiger charge is -2.34. The van der Waals surface area contributed by atoms with Gasteiger partial charge in [-0.25, -0.2) is 11.5 Å². The van der Waals surface area contributed by atoms with Crippen LogP contribution in [0.15, 0.2) is 0 Å². The van der Waals surface area contributed by atoms with Crippen molar-refractivity contribution in [2.45, 2.75) is 55.4 Å². The Morgan fingerprint density at radius 2 is 0.636 bits per heavy atom. The van der Waals surface area contributed by atoms with Crippen molar-refractivity contribution in [2.75, 3.05) is 52.4 Å². The highest BCUT2D eigenvalue weighted by atomic mass is 35.5. The maximum absolute atomic E-state index is 8.74. The summed E-state index contributed by atoms with van der Waals surface area (Å²) in [5, 5.41) is 17.5. The van der Waals surface area contributed by atoms with Crippen molar-refractivity contribution in [1.82, 2.24) is 0 Å². The molecule has 0 atom stereocenters. The molecule has 0 saturated heterocycles. The van der Waals surface area contributed by atoms with Gasteiger partial charge in [0, 0.05) is 6.53 Å². The number of rotatable bonds is 8. The first-order valence-corrected chi connectivity index (χ1v) is 9.31. The lowest BCUT2D eigenvalue weighted by Crippen LogP contribution is -2.47. The Balaban J connectivity index is -0.000000266. The highest BCUT2D eigenvalue weighted by Gasteiger charge is 2.16. The fourth-order valence-corrected chi connectivity index (χ4v) is 2.68. The van der Waals surface area contributed by atoms with Gasteiger partial charge >= 0.3 is 0 Å². The second kappa shape index (κ2) is 16.1. The summed E-state index contributed by atoms with van der Waals surface area (Å²) >= 11 is 4.16. The minimum atomic E-state index is -2.19. The Kier molecular flexibility index (Phi) is 19.8. The molecule has 0 N–H and O–H groups in total. The summed E-state index contributed by atoms with van der Waals surface area (Å²) in [6.07, 6.45) is 0. The molecule has 0 aliphatic heterocycles. The van der Waals surface area contributed by atoms with Crippen molar-refractivity contribution in [3.05, 3.63) is 0 Å². The SMILES string of the molecule is CC[N+](CC)(CC)CC.CC[N+](CC)(CC)CC.[O-]B([O-])Cl. The molecule has 0 rings (SSSR count). The molecule has 0 aliphatic carbocycles. The van der Waals surface area contributed by atoms with E-state index in [0.717, 1.165) is 0 Å². The summed E-state index contributed by atoms with van der Waals surface area (Å²) in [6.45, 7) is 26.3. The molecule has 0 heterocycles. The molecule has 22 heavy (non-hydrogen) atoms. The van der Waals surface area contributed by atoms with Crippen LogP contribution in [0.25, 0.3) is 0 Å². The second-order valence-corrected chi connectivity index (χ2v) is 5.84. The third-order valence-electron chi connectivity index (χ3n) is 5.37. The van der Waals surface area contributed by atoms with Crippen molar-refractivity contribution in [3.8, 4) is 0 Å². The normalized spacial score (nSPS) is 11.0. The number of hydrogen-bond acceptors (Lipinski definition) is 2. The molecule has 0 aromatic heterocycles. The second-order valence-electron chi connectivity index (χ2n) is 5.49. The van der Waals surface area contributed by atoms with E-state index < -0.39 is 6.53 Å². The fourth-order valence-electron chi connectivity index (χ4n) is 2.68. The number of quaternary nitrogens is 2. The standard InChI is InChI=1S/2C8H20N.BClO2/c2*1-5-9(6-2,7-3)8-4;2-1(3)4/h2*5-8H2,1-4H3;/q2*+1;-2. The van der Waals surface area contributed by atoms with Crippen LogP contribution in [0, 0.1) is 0 Å². The van der Waals surface area contributed by atoms with Crippen molar-refractivity contribution in [1.29, 1.82) is 0 Å². The number of halogens is 1. The molecule has 0 radical (unpaired) electrons. The van der Waals surface area contributed by atoms with E-state index in [-0.39, 0.29) is 0 Å². The number of nitrogens with zero attached hydrogens (tertiary/aromatic N) is 2. The molecule has 0 spiro atoms. The van der Waals surface area contributed by atoms with E-state index in [1.165, 1.54) is 61.3 Å². The summed E-state index contributed by atoms with van der Waals surface area (Å²) in [4.78, 5) is 0. The zero-order valence-electron chi connectivity index (χ0n) is 16.3. The van der Waals surface area contributed by atoms with Gasteiger partial charge in [-0.1, -0.05) is 0 Å². The van der Waals surface area contributed by atoms with Crippen LogP contribution in [0.3, 0.4) is 0 Å². The first-order chi connectivity index (χ1) is 10.2. The van der Waals surface area contributed by atoms with Gasteiger partial charge in [0.2, 0.25) is 0 Å². The lowest BCUT2D eigenvalue weighted by molar-refractivity contribution is -0.921. The average molecular weight is 339 g/mol. The van der Waals surface area contributed by atoms with E-state index in [9.17, 15) is 0 Å². The van der Waals surface area contributed by atoms with Gasteiger partial charge in [0.05, 0.1) is 52.4 Å². The number of hydrogen-bond donors (Lipinski definition) is 0. The Bertz CT molecular complexity index is 166. The molecule has 0 unspecified atom stereocenters. The predicted octanol–water partition coefficient (Wildman–Crippen LogP) is 1.70. The van der Waals surface area contributed by atoms with Gasteiger partial charge in [-0.05, 0) is 55.4 Å². The Labute approximate surface area is 145 Å². The molecular weight excluding hydrogens is 298 g/mol. The minimum absolute atomic E-state index is 1.28. The zero-order chi connectivity index (χ0) is 18.2. The van der Waals surface area contributed by atoms with Gasteiger partial charge in [0.15, 0.2) is 0 Å². The van der Waals surface area contributed by atoms with E-state index >= 15 is 0 Å². The molecule has 0 saturated carbocycles. The third-order valence-corrected chi connectivity index (χ3v) is 5.37.